The van der Waals surface area contributed by atoms with E-state index in [9.17, 15) is 18.0 Å². The third kappa shape index (κ3) is 4.05. The topological polar surface area (TPSA) is 61.8 Å². The number of nitrogens with one attached hydrogen (secondary N) is 1. The highest BCUT2D eigenvalue weighted by Gasteiger charge is 2.34. The average molecular weight is 336 g/mol. The van der Waals surface area contributed by atoms with Crippen molar-refractivity contribution in [1.29, 1.82) is 0 Å². The largest absolute Gasteiger partial charge is 0.496 e. The molecule has 0 radical (unpaired) electrons. The van der Waals surface area contributed by atoms with Crippen molar-refractivity contribution in [3.63, 3.8) is 0 Å². The van der Waals surface area contributed by atoms with E-state index in [0.29, 0.717) is 25.1 Å². The summed E-state index contributed by atoms with van der Waals surface area (Å²) in [6.45, 7) is 0.972. The number of rotatable bonds is 5. The van der Waals surface area contributed by atoms with Crippen LogP contribution >= 0.6 is 11.8 Å². The van der Waals surface area contributed by atoms with Gasteiger partial charge in [-0.1, -0.05) is 6.07 Å². The molecule has 122 valence electrons. The van der Waals surface area contributed by atoms with Crippen LogP contribution in [0.1, 0.15) is 12.0 Å². The summed E-state index contributed by atoms with van der Waals surface area (Å²) in [6, 6.07) is 4.09. The lowest BCUT2D eigenvalue weighted by atomic mass is 10.0. The van der Waals surface area contributed by atoms with Crippen LogP contribution in [0.25, 0.3) is 0 Å². The maximum Gasteiger partial charge on any atom is 0.446 e. The van der Waals surface area contributed by atoms with E-state index >= 15 is 0 Å². The predicted molar refractivity (Wildman–Crippen MR) is 73.7 cm³/mol. The average Bonchev–Trinajstić information content (AvgIpc) is 2.42. The summed E-state index contributed by atoms with van der Waals surface area (Å²) in [7, 11) is 1.31. The second-order valence-corrected chi connectivity index (χ2v) is 5.89. The number of carbonyl (C=O) groups is 1. The first-order chi connectivity index (χ1) is 10.3. The number of ether oxygens (including phenoxy) is 1. The van der Waals surface area contributed by atoms with E-state index in [1.807, 2.05) is 0 Å². The fourth-order valence-electron chi connectivity index (χ4n) is 2.26. The summed E-state index contributed by atoms with van der Waals surface area (Å²) in [5.74, 6) is -0.357. The van der Waals surface area contributed by atoms with Crippen LogP contribution in [0.15, 0.2) is 23.1 Å². The van der Waals surface area contributed by atoms with Crippen molar-refractivity contribution in [3.05, 3.63) is 23.8 Å². The number of thioether (sulfide) groups is 1. The number of likely N-dealkylation sites (tertiary alicyclic amines) is 1. The Hall–Kier alpha value is -1.45. The third-order valence-electron chi connectivity index (χ3n) is 3.38. The quantitative estimate of drug-likeness (QED) is 0.491. The van der Waals surface area contributed by atoms with E-state index in [1.54, 1.807) is 16.4 Å². The number of carbonyl (C=O) groups excluding carboxylic acids is 1. The fourth-order valence-corrected chi connectivity index (χ4v) is 2.97. The fraction of sp³-hybridized carbons (Fsp3) is 0.462. The molecule has 1 aliphatic rings. The van der Waals surface area contributed by atoms with E-state index in [0.717, 1.165) is 0 Å². The van der Waals surface area contributed by atoms with Gasteiger partial charge in [0, 0.05) is 13.1 Å². The molecule has 0 aromatic heterocycles. The Kier molecular flexibility index (Phi) is 5.20. The van der Waals surface area contributed by atoms with E-state index in [4.69, 9.17) is 9.94 Å². The Labute approximate surface area is 129 Å². The molecule has 1 aliphatic heterocycles. The lowest BCUT2D eigenvalue weighted by molar-refractivity contribution is -0.139. The van der Waals surface area contributed by atoms with Crippen LogP contribution in [0.2, 0.25) is 0 Å². The summed E-state index contributed by atoms with van der Waals surface area (Å²) < 4.78 is 42.6. The van der Waals surface area contributed by atoms with Crippen molar-refractivity contribution in [2.45, 2.75) is 29.4 Å². The van der Waals surface area contributed by atoms with Gasteiger partial charge in [0.2, 0.25) is 0 Å². The maximum absolute atomic E-state index is 12.6. The zero-order valence-corrected chi connectivity index (χ0v) is 12.5. The molecule has 1 aromatic carbocycles. The number of methoxy groups -OCH3 is 1. The van der Waals surface area contributed by atoms with Gasteiger partial charge < -0.3 is 4.74 Å². The molecular formula is C13H15F3N2O3S. The number of halogens is 3. The number of nitrogens with zero attached hydrogens (tertiary/aromatic N) is 1. The lowest BCUT2D eigenvalue weighted by Gasteiger charge is -2.39. The summed E-state index contributed by atoms with van der Waals surface area (Å²) >= 11 is -0.232. The second kappa shape index (κ2) is 6.76. The summed E-state index contributed by atoms with van der Waals surface area (Å²) in [6.07, 6.45) is 0.604. The first kappa shape index (κ1) is 16.9. The normalized spacial score (nSPS) is 18.7. The molecule has 2 rings (SSSR count). The van der Waals surface area contributed by atoms with Crippen LogP contribution in [0.5, 0.6) is 5.75 Å². The number of benzene rings is 1. The van der Waals surface area contributed by atoms with Crippen molar-refractivity contribution in [1.82, 2.24) is 10.4 Å². The van der Waals surface area contributed by atoms with Crippen LogP contribution in [-0.4, -0.2) is 41.2 Å². The number of alkyl halides is 3. The van der Waals surface area contributed by atoms with Crippen molar-refractivity contribution >= 4 is 17.7 Å². The highest BCUT2D eigenvalue weighted by molar-refractivity contribution is 8.00. The van der Waals surface area contributed by atoms with E-state index in [-0.39, 0.29) is 22.4 Å². The minimum absolute atomic E-state index is 0.0174. The molecule has 1 aromatic rings. The van der Waals surface area contributed by atoms with Gasteiger partial charge in [0.05, 0.1) is 18.0 Å². The Morgan fingerprint density at radius 3 is 2.77 bits per heavy atom. The molecule has 5 nitrogen and oxygen atoms in total. The van der Waals surface area contributed by atoms with Crippen molar-refractivity contribution < 1.29 is 27.9 Å². The molecule has 1 heterocycles. The van der Waals surface area contributed by atoms with Gasteiger partial charge in [-0.15, -0.1) is 0 Å². The smallest absolute Gasteiger partial charge is 0.446 e. The number of hydrogen-bond acceptors (Lipinski definition) is 5. The zero-order valence-electron chi connectivity index (χ0n) is 11.7. The van der Waals surface area contributed by atoms with Gasteiger partial charge in [0.25, 0.3) is 5.91 Å². The first-order valence-electron chi connectivity index (χ1n) is 6.44. The Balaban J connectivity index is 2.12. The molecule has 0 aliphatic carbocycles. The van der Waals surface area contributed by atoms with Gasteiger partial charge in [-0.05, 0) is 35.9 Å². The minimum Gasteiger partial charge on any atom is -0.496 e. The molecule has 9 heteroatoms. The van der Waals surface area contributed by atoms with Gasteiger partial charge in [-0.2, -0.15) is 13.2 Å². The molecule has 2 N–H and O–H groups in total. The molecule has 1 amide bonds. The van der Waals surface area contributed by atoms with E-state index in [1.165, 1.54) is 19.2 Å². The maximum atomic E-state index is 12.6. The molecule has 1 unspecified atom stereocenters. The van der Waals surface area contributed by atoms with Gasteiger partial charge in [-0.25, -0.2) is 5.48 Å². The Morgan fingerprint density at radius 2 is 2.27 bits per heavy atom. The highest BCUT2D eigenvalue weighted by atomic mass is 32.2. The van der Waals surface area contributed by atoms with Gasteiger partial charge in [0.1, 0.15) is 5.75 Å². The number of hydrogen-bond donors (Lipinski definition) is 2. The Morgan fingerprint density at radius 1 is 1.55 bits per heavy atom. The van der Waals surface area contributed by atoms with Crippen LogP contribution < -0.4 is 10.2 Å². The van der Waals surface area contributed by atoms with Crippen LogP contribution in [0, 0.1) is 0 Å². The SMILES string of the molecule is COc1ccc(CN2CCC2C(=O)NO)cc1SC(F)(F)F. The predicted octanol–water partition coefficient (Wildman–Crippen LogP) is 2.39. The molecular weight excluding hydrogens is 321 g/mol. The number of hydroxylamine groups is 1. The zero-order chi connectivity index (χ0) is 16.3. The summed E-state index contributed by atoms with van der Waals surface area (Å²) in [5.41, 5.74) is -2.17. The Bertz CT molecular complexity index is 554. The van der Waals surface area contributed by atoms with Crippen LogP contribution in [0.3, 0.4) is 0 Å². The van der Waals surface area contributed by atoms with Crippen molar-refractivity contribution in [3.8, 4) is 5.75 Å². The molecule has 0 spiro atoms. The molecule has 1 saturated heterocycles. The molecule has 1 fully saturated rings. The van der Waals surface area contributed by atoms with Crippen LogP contribution in [-0.2, 0) is 11.3 Å². The first-order valence-corrected chi connectivity index (χ1v) is 7.26. The third-order valence-corrected chi connectivity index (χ3v) is 4.15. The monoisotopic (exact) mass is 336 g/mol. The van der Waals surface area contributed by atoms with Crippen molar-refractivity contribution in [2.75, 3.05) is 13.7 Å². The van der Waals surface area contributed by atoms with Gasteiger partial charge >= 0.3 is 5.51 Å². The molecule has 1 atom stereocenters. The van der Waals surface area contributed by atoms with Crippen molar-refractivity contribution in [2.24, 2.45) is 0 Å². The highest BCUT2D eigenvalue weighted by Crippen LogP contribution is 2.42. The van der Waals surface area contributed by atoms with E-state index < -0.39 is 17.5 Å². The molecule has 0 saturated carbocycles. The molecule has 22 heavy (non-hydrogen) atoms. The van der Waals surface area contributed by atoms with E-state index in [2.05, 4.69) is 0 Å². The summed E-state index contributed by atoms with van der Waals surface area (Å²) in [5, 5.41) is 8.62. The standard InChI is InChI=1S/C13H15F3N2O3S/c1-21-10-3-2-8(6-11(10)22-13(14,15)16)7-18-5-4-9(18)12(19)17-20/h2-3,6,9,20H,4-5,7H2,1H3,(H,17,19). The number of amides is 1. The second-order valence-electron chi connectivity index (χ2n) is 4.78. The van der Waals surface area contributed by atoms with Crippen LogP contribution in [0.4, 0.5) is 13.2 Å². The lowest BCUT2D eigenvalue weighted by Crippen LogP contribution is -2.54. The van der Waals surface area contributed by atoms with Gasteiger partial charge in [-0.3, -0.25) is 14.9 Å². The van der Waals surface area contributed by atoms with Gasteiger partial charge in [0.15, 0.2) is 0 Å². The molecule has 0 bridgehead atoms. The minimum atomic E-state index is -4.40. The summed E-state index contributed by atoms with van der Waals surface area (Å²) in [4.78, 5) is 13.1.